The first-order valence-corrected chi connectivity index (χ1v) is 9.48. The number of halogens is 1. The zero-order chi connectivity index (χ0) is 14.8. The Morgan fingerprint density at radius 3 is 3.00 bits per heavy atom. The fourth-order valence-electron chi connectivity index (χ4n) is 3.55. The summed E-state index contributed by atoms with van der Waals surface area (Å²) in [6.07, 6.45) is 4.78. The summed E-state index contributed by atoms with van der Waals surface area (Å²) in [7, 11) is 0. The van der Waals surface area contributed by atoms with E-state index in [-0.39, 0.29) is 0 Å². The minimum atomic E-state index is 0.583. The lowest BCUT2D eigenvalue weighted by atomic mass is 10.2. The van der Waals surface area contributed by atoms with Crippen LogP contribution >= 0.6 is 23.4 Å². The van der Waals surface area contributed by atoms with Crippen molar-refractivity contribution >= 4 is 34.4 Å². The van der Waals surface area contributed by atoms with Crippen LogP contribution in [0.3, 0.4) is 0 Å². The SMILES string of the molecule is CCSC1CCCC1n1c(CCCl)nc2c(C)cccc21. The molecule has 21 heavy (non-hydrogen) atoms. The van der Waals surface area contributed by atoms with E-state index < -0.39 is 0 Å². The average molecular weight is 323 g/mol. The Morgan fingerprint density at radius 1 is 1.38 bits per heavy atom. The van der Waals surface area contributed by atoms with Crippen molar-refractivity contribution in [1.82, 2.24) is 9.55 Å². The van der Waals surface area contributed by atoms with Crippen molar-refractivity contribution in [2.45, 2.75) is 50.8 Å². The Bertz CT molecular complexity index is 623. The van der Waals surface area contributed by atoms with Gasteiger partial charge >= 0.3 is 0 Å². The van der Waals surface area contributed by atoms with E-state index in [0.717, 1.165) is 17.2 Å². The predicted octanol–water partition coefficient (Wildman–Crippen LogP) is 4.97. The van der Waals surface area contributed by atoms with Crippen LogP contribution in [0.25, 0.3) is 11.0 Å². The van der Waals surface area contributed by atoms with Gasteiger partial charge in [0.2, 0.25) is 0 Å². The lowest BCUT2D eigenvalue weighted by Gasteiger charge is -2.23. The maximum absolute atomic E-state index is 6.02. The number of fused-ring (bicyclic) bond motifs is 1. The van der Waals surface area contributed by atoms with E-state index in [1.54, 1.807) is 0 Å². The third kappa shape index (κ3) is 2.83. The fourth-order valence-corrected chi connectivity index (χ4v) is 4.96. The van der Waals surface area contributed by atoms with Gasteiger partial charge in [0, 0.05) is 23.6 Å². The first kappa shape index (κ1) is 15.2. The molecule has 0 radical (unpaired) electrons. The Labute approximate surface area is 136 Å². The molecular formula is C17H23ClN2S. The smallest absolute Gasteiger partial charge is 0.111 e. The summed E-state index contributed by atoms with van der Waals surface area (Å²) in [5.41, 5.74) is 3.72. The van der Waals surface area contributed by atoms with Crippen LogP contribution in [0.15, 0.2) is 18.2 Å². The minimum Gasteiger partial charge on any atom is -0.324 e. The second-order valence-electron chi connectivity index (χ2n) is 5.77. The Morgan fingerprint density at radius 2 is 2.24 bits per heavy atom. The largest absolute Gasteiger partial charge is 0.324 e. The molecule has 1 saturated carbocycles. The van der Waals surface area contributed by atoms with Gasteiger partial charge in [-0.25, -0.2) is 4.98 Å². The molecule has 0 spiro atoms. The van der Waals surface area contributed by atoms with Crippen molar-refractivity contribution in [3.05, 3.63) is 29.6 Å². The molecule has 1 aromatic carbocycles. The monoisotopic (exact) mass is 322 g/mol. The van der Waals surface area contributed by atoms with Crippen molar-refractivity contribution in [2.75, 3.05) is 11.6 Å². The summed E-state index contributed by atoms with van der Waals surface area (Å²) in [6.45, 7) is 4.41. The van der Waals surface area contributed by atoms with Crippen molar-refractivity contribution in [1.29, 1.82) is 0 Å². The molecular weight excluding hydrogens is 300 g/mol. The first-order chi connectivity index (χ1) is 10.3. The summed E-state index contributed by atoms with van der Waals surface area (Å²) in [5, 5.41) is 0.724. The molecule has 0 saturated heterocycles. The van der Waals surface area contributed by atoms with Gasteiger partial charge in [0.05, 0.1) is 11.0 Å². The van der Waals surface area contributed by atoms with Crippen LogP contribution in [0.4, 0.5) is 0 Å². The number of nitrogens with zero attached hydrogens (tertiary/aromatic N) is 2. The quantitative estimate of drug-likeness (QED) is 0.723. The number of imidazole rings is 1. The summed E-state index contributed by atoms with van der Waals surface area (Å²) < 4.78 is 2.50. The van der Waals surface area contributed by atoms with E-state index in [0.29, 0.717) is 11.9 Å². The average Bonchev–Trinajstić information content (AvgIpc) is 3.04. The van der Waals surface area contributed by atoms with Gasteiger partial charge in [0.15, 0.2) is 0 Å². The molecule has 1 heterocycles. The molecule has 0 amide bonds. The molecule has 3 rings (SSSR count). The van der Waals surface area contributed by atoms with Gasteiger partial charge in [-0.05, 0) is 37.1 Å². The van der Waals surface area contributed by atoms with Gasteiger partial charge in [-0.15, -0.1) is 11.6 Å². The molecule has 2 atom stereocenters. The highest BCUT2D eigenvalue weighted by molar-refractivity contribution is 7.99. The molecule has 1 aliphatic carbocycles. The second kappa shape index (κ2) is 6.62. The van der Waals surface area contributed by atoms with E-state index in [2.05, 4.69) is 48.4 Å². The Kier molecular flexibility index (Phi) is 4.80. The van der Waals surface area contributed by atoms with Crippen LogP contribution in [-0.2, 0) is 6.42 Å². The van der Waals surface area contributed by atoms with Gasteiger partial charge in [-0.2, -0.15) is 11.8 Å². The number of hydrogen-bond acceptors (Lipinski definition) is 2. The van der Waals surface area contributed by atoms with Gasteiger partial charge in [-0.3, -0.25) is 0 Å². The van der Waals surface area contributed by atoms with E-state index in [9.17, 15) is 0 Å². The normalized spacial score (nSPS) is 22.2. The molecule has 2 unspecified atom stereocenters. The van der Waals surface area contributed by atoms with Gasteiger partial charge in [-0.1, -0.05) is 25.5 Å². The first-order valence-electron chi connectivity index (χ1n) is 7.90. The van der Waals surface area contributed by atoms with Crippen LogP contribution in [-0.4, -0.2) is 26.4 Å². The molecule has 0 N–H and O–H groups in total. The molecule has 0 bridgehead atoms. The second-order valence-corrected chi connectivity index (χ2v) is 7.67. The number of alkyl halides is 1. The highest BCUT2D eigenvalue weighted by atomic mass is 35.5. The van der Waals surface area contributed by atoms with E-state index in [1.807, 2.05) is 0 Å². The molecule has 1 aliphatic rings. The summed E-state index contributed by atoms with van der Waals surface area (Å²) in [4.78, 5) is 4.91. The molecule has 4 heteroatoms. The number of aryl methyl sites for hydroxylation is 2. The predicted molar refractivity (Wildman–Crippen MR) is 93.7 cm³/mol. The molecule has 2 aromatic rings. The maximum Gasteiger partial charge on any atom is 0.111 e. The molecule has 1 fully saturated rings. The zero-order valence-corrected chi connectivity index (χ0v) is 14.4. The number of rotatable bonds is 5. The topological polar surface area (TPSA) is 17.8 Å². The molecule has 114 valence electrons. The van der Waals surface area contributed by atoms with Crippen molar-refractivity contribution < 1.29 is 0 Å². The third-order valence-corrected chi connectivity index (χ3v) is 5.94. The zero-order valence-electron chi connectivity index (χ0n) is 12.8. The van der Waals surface area contributed by atoms with E-state index >= 15 is 0 Å². The summed E-state index contributed by atoms with van der Waals surface area (Å²) in [6, 6.07) is 7.10. The van der Waals surface area contributed by atoms with Gasteiger partial charge in [0.1, 0.15) is 5.82 Å². The minimum absolute atomic E-state index is 0.583. The lowest BCUT2D eigenvalue weighted by molar-refractivity contribution is 0.522. The highest BCUT2D eigenvalue weighted by Gasteiger charge is 2.31. The van der Waals surface area contributed by atoms with Crippen molar-refractivity contribution in [2.24, 2.45) is 0 Å². The number of aromatic nitrogens is 2. The number of para-hydroxylation sites is 1. The third-order valence-electron chi connectivity index (χ3n) is 4.44. The Balaban J connectivity index is 2.10. The van der Waals surface area contributed by atoms with Crippen molar-refractivity contribution in [3.63, 3.8) is 0 Å². The fraction of sp³-hybridized carbons (Fsp3) is 0.588. The van der Waals surface area contributed by atoms with Gasteiger partial charge in [0.25, 0.3) is 0 Å². The Hall–Kier alpha value is -0.670. The summed E-state index contributed by atoms with van der Waals surface area (Å²) in [5.74, 6) is 3.00. The van der Waals surface area contributed by atoms with Crippen LogP contribution in [0.2, 0.25) is 0 Å². The molecule has 1 aromatic heterocycles. The highest BCUT2D eigenvalue weighted by Crippen LogP contribution is 2.41. The lowest BCUT2D eigenvalue weighted by Crippen LogP contribution is -2.19. The van der Waals surface area contributed by atoms with Crippen LogP contribution in [0.1, 0.15) is 43.6 Å². The number of benzene rings is 1. The van der Waals surface area contributed by atoms with Crippen LogP contribution in [0, 0.1) is 6.92 Å². The van der Waals surface area contributed by atoms with Gasteiger partial charge < -0.3 is 4.57 Å². The van der Waals surface area contributed by atoms with E-state index in [4.69, 9.17) is 16.6 Å². The summed E-state index contributed by atoms with van der Waals surface area (Å²) >= 11 is 8.12. The number of thioether (sulfide) groups is 1. The molecule has 2 nitrogen and oxygen atoms in total. The molecule has 0 aliphatic heterocycles. The standard InChI is InChI=1S/C17H23ClN2S/c1-3-21-15-9-5-7-13(15)20-14-8-4-6-12(2)17(14)19-16(20)10-11-18/h4,6,8,13,15H,3,5,7,9-11H2,1-2H3. The van der Waals surface area contributed by atoms with Crippen molar-refractivity contribution in [3.8, 4) is 0 Å². The van der Waals surface area contributed by atoms with Crippen LogP contribution < -0.4 is 0 Å². The van der Waals surface area contributed by atoms with Crippen LogP contribution in [0.5, 0.6) is 0 Å². The van der Waals surface area contributed by atoms with E-state index in [1.165, 1.54) is 41.9 Å². The number of hydrogen-bond donors (Lipinski definition) is 0. The maximum atomic E-state index is 6.02.